The van der Waals surface area contributed by atoms with E-state index in [0.29, 0.717) is 35.8 Å². The van der Waals surface area contributed by atoms with Crippen molar-refractivity contribution in [1.82, 2.24) is 14.8 Å². The van der Waals surface area contributed by atoms with Gasteiger partial charge in [-0.2, -0.15) is 5.26 Å². The number of nitriles is 1. The van der Waals surface area contributed by atoms with Gasteiger partial charge in [0.2, 0.25) is 0 Å². The second kappa shape index (κ2) is 14.3. The number of para-hydroxylation sites is 1. The summed E-state index contributed by atoms with van der Waals surface area (Å²) in [7, 11) is 10.5. The lowest BCUT2D eigenvalue weighted by Crippen LogP contribution is -2.53. The summed E-state index contributed by atoms with van der Waals surface area (Å²) in [5, 5.41) is 11.9. The molecule has 3 heterocycles. The van der Waals surface area contributed by atoms with E-state index < -0.39 is 12.1 Å². The molecule has 2 aliphatic rings. The largest absolute Gasteiger partial charge is 0.493 e. The molecule has 0 saturated heterocycles. The molecule has 0 radical (unpaired) electrons. The van der Waals surface area contributed by atoms with E-state index in [1.54, 1.807) is 34.6 Å². The highest BCUT2D eigenvalue weighted by Gasteiger charge is 2.47. The van der Waals surface area contributed by atoms with Gasteiger partial charge >= 0.3 is 5.97 Å². The molecule has 0 fully saturated rings. The number of carbonyl (C=O) groups is 1. The first-order chi connectivity index (χ1) is 23.7. The van der Waals surface area contributed by atoms with E-state index in [-0.39, 0.29) is 37.0 Å². The van der Waals surface area contributed by atoms with E-state index >= 15 is 0 Å². The third-order valence-corrected chi connectivity index (χ3v) is 10.1. The van der Waals surface area contributed by atoms with Crippen molar-refractivity contribution in [3.8, 4) is 29.1 Å². The minimum Gasteiger partial charge on any atom is -0.493 e. The molecule has 6 rings (SSSR count). The van der Waals surface area contributed by atoms with Crippen molar-refractivity contribution in [2.75, 3.05) is 49.1 Å². The van der Waals surface area contributed by atoms with Crippen molar-refractivity contribution >= 4 is 16.9 Å². The number of fused-ring (bicyclic) bond motifs is 5. The molecule has 3 aromatic carbocycles. The van der Waals surface area contributed by atoms with Crippen LogP contribution < -0.4 is 18.9 Å². The zero-order valence-corrected chi connectivity index (χ0v) is 29.2. The van der Waals surface area contributed by atoms with Gasteiger partial charge in [-0.15, -0.1) is 0 Å². The normalized spacial score (nSPS) is 20.6. The van der Waals surface area contributed by atoms with E-state index in [2.05, 4.69) is 20.9 Å². The highest BCUT2D eigenvalue weighted by atomic mass is 16.5. The maximum absolute atomic E-state index is 13.6. The molecular weight excluding hydrogens is 620 g/mol. The fourth-order valence-electron chi connectivity index (χ4n) is 7.67. The number of likely N-dealkylation sites (N-methyl/N-ethyl adjacent to an activating group) is 1. The van der Waals surface area contributed by atoms with Gasteiger partial charge in [-0.3, -0.25) is 14.7 Å². The van der Waals surface area contributed by atoms with Crippen LogP contribution in [0.2, 0.25) is 0 Å². The zero-order chi connectivity index (χ0) is 34.8. The fourth-order valence-corrected chi connectivity index (χ4v) is 7.67. The van der Waals surface area contributed by atoms with Crippen LogP contribution in [-0.2, 0) is 22.4 Å². The Morgan fingerprint density at radius 1 is 0.918 bits per heavy atom. The summed E-state index contributed by atoms with van der Waals surface area (Å²) in [6, 6.07) is 19.3. The van der Waals surface area contributed by atoms with Gasteiger partial charge in [0.15, 0.2) is 23.0 Å². The Balaban J connectivity index is 1.41. The first-order valence-electron chi connectivity index (χ1n) is 16.5. The molecule has 49 heavy (non-hydrogen) atoms. The van der Waals surface area contributed by atoms with Gasteiger partial charge < -0.3 is 28.6 Å². The van der Waals surface area contributed by atoms with E-state index in [1.807, 2.05) is 75.6 Å². The number of carbonyl (C=O) groups excluding carboxylic acids is 1. The standard InChI is InChI=1S/C39H44N4O6/c1-23(26-12-13-41-30-11-9-8-10-27(26)30)14-39(44)49-22-34-29-20-38(48-7)35(45-4)17-24(29)15-31-28-19-37(47-6)36(46-5)18-25(28)16-32(42(2)3)33(21-40)43(31)34/h8-13,17-20,23,31-34H,14-16,22H2,1-7H3/t23?,31-,32-,33-,34-/m0/s1. The van der Waals surface area contributed by atoms with Crippen LogP contribution in [0.25, 0.3) is 10.9 Å². The Bertz CT molecular complexity index is 1880. The molecule has 10 nitrogen and oxygen atoms in total. The summed E-state index contributed by atoms with van der Waals surface area (Å²) >= 11 is 0. The molecule has 0 aliphatic carbocycles. The van der Waals surface area contributed by atoms with Crippen LogP contribution in [0.3, 0.4) is 0 Å². The number of esters is 1. The van der Waals surface area contributed by atoms with Crippen LogP contribution in [0, 0.1) is 11.3 Å². The Hall–Kier alpha value is -4.85. The second-order valence-electron chi connectivity index (χ2n) is 13.0. The molecule has 5 atom stereocenters. The molecule has 1 aromatic heterocycles. The smallest absolute Gasteiger partial charge is 0.306 e. The predicted molar refractivity (Wildman–Crippen MR) is 186 cm³/mol. The van der Waals surface area contributed by atoms with Crippen LogP contribution in [0.1, 0.15) is 59.2 Å². The summed E-state index contributed by atoms with van der Waals surface area (Å²) in [5.41, 5.74) is 6.06. The number of ether oxygens (including phenoxy) is 5. The maximum Gasteiger partial charge on any atom is 0.306 e. The lowest BCUT2D eigenvalue weighted by Gasteiger charge is -2.46. The van der Waals surface area contributed by atoms with E-state index in [4.69, 9.17) is 23.7 Å². The third kappa shape index (κ3) is 6.36. The van der Waals surface area contributed by atoms with Crippen molar-refractivity contribution in [2.24, 2.45) is 0 Å². The molecule has 256 valence electrons. The zero-order valence-electron chi connectivity index (χ0n) is 29.2. The SMILES string of the molecule is COc1cc2c(cc1OC)[C@H](COC(=O)CC(C)c1ccnc3ccccc13)N1[C@@H](C2)c2cc(OC)c(OC)cc2C[C@H](N(C)C)[C@@H]1C#N. The number of methoxy groups -OCH3 is 4. The first-order valence-corrected chi connectivity index (χ1v) is 16.5. The lowest BCUT2D eigenvalue weighted by molar-refractivity contribution is -0.147. The molecule has 1 unspecified atom stereocenters. The average molecular weight is 665 g/mol. The van der Waals surface area contributed by atoms with Gasteiger partial charge in [0.25, 0.3) is 0 Å². The lowest BCUT2D eigenvalue weighted by atomic mass is 9.83. The number of pyridine rings is 1. The van der Waals surface area contributed by atoms with Crippen molar-refractivity contribution in [3.63, 3.8) is 0 Å². The van der Waals surface area contributed by atoms with E-state index in [1.165, 1.54) is 0 Å². The molecule has 0 N–H and O–H groups in total. The molecule has 10 heteroatoms. The van der Waals surface area contributed by atoms with Gasteiger partial charge in [0.05, 0.1) is 52.5 Å². The van der Waals surface area contributed by atoms with Gasteiger partial charge in [-0.1, -0.05) is 25.1 Å². The number of hydrogen-bond donors (Lipinski definition) is 0. The number of benzene rings is 3. The summed E-state index contributed by atoms with van der Waals surface area (Å²) in [6.45, 7) is 2.09. The fraction of sp³-hybridized carbons (Fsp3) is 0.410. The maximum atomic E-state index is 13.6. The van der Waals surface area contributed by atoms with Crippen LogP contribution in [0.15, 0.2) is 60.8 Å². The highest BCUT2D eigenvalue weighted by molar-refractivity contribution is 5.83. The second-order valence-corrected chi connectivity index (χ2v) is 13.0. The van der Waals surface area contributed by atoms with Gasteiger partial charge in [0, 0.05) is 23.7 Å². The third-order valence-electron chi connectivity index (χ3n) is 10.1. The number of aromatic nitrogens is 1. The quantitative estimate of drug-likeness (QED) is 0.187. The van der Waals surface area contributed by atoms with Crippen molar-refractivity contribution in [3.05, 3.63) is 88.6 Å². The molecule has 0 saturated carbocycles. The molecule has 0 spiro atoms. The number of nitrogens with zero attached hydrogens (tertiary/aromatic N) is 4. The monoisotopic (exact) mass is 664 g/mol. The molecule has 2 aliphatic heterocycles. The molecule has 0 bridgehead atoms. The van der Waals surface area contributed by atoms with Gasteiger partial charge in [-0.25, -0.2) is 0 Å². The molecular formula is C39H44N4O6. The Labute approximate surface area is 288 Å². The van der Waals surface area contributed by atoms with E-state index in [9.17, 15) is 10.1 Å². The Morgan fingerprint density at radius 2 is 1.53 bits per heavy atom. The van der Waals surface area contributed by atoms with Crippen molar-refractivity contribution in [1.29, 1.82) is 5.26 Å². The minimum atomic E-state index is -0.531. The van der Waals surface area contributed by atoms with Crippen LogP contribution in [-0.4, -0.2) is 82.0 Å². The number of hydrogen-bond acceptors (Lipinski definition) is 10. The topological polar surface area (TPSA) is 106 Å². The van der Waals surface area contributed by atoms with E-state index in [0.717, 1.165) is 38.7 Å². The van der Waals surface area contributed by atoms with Gasteiger partial charge in [-0.05, 0) is 97.1 Å². The average Bonchev–Trinajstić information content (AvgIpc) is 3.25. The Morgan fingerprint density at radius 3 is 2.16 bits per heavy atom. The van der Waals surface area contributed by atoms with Gasteiger partial charge in [0.1, 0.15) is 12.6 Å². The Kier molecular flexibility index (Phi) is 9.95. The van der Waals surface area contributed by atoms with Crippen LogP contribution in [0.5, 0.6) is 23.0 Å². The van der Waals surface area contributed by atoms with Crippen molar-refractivity contribution < 1.29 is 28.5 Å². The minimum absolute atomic E-state index is 0.0581. The summed E-state index contributed by atoms with van der Waals surface area (Å²) in [4.78, 5) is 22.5. The summed E-state index contributed by atoms with van der Waals surface area (Å²) < 4.78 is 29.1. The van der Waals surface area contributed by atoms with Crippen molar-refractivity contribution in [2.45, 2.75) is 56.3 Å². The summed E-state index contributed by atoms with van der Waals surface area (Å²) in [6.07, 6.45) is 3.21. The highest BCUT2D eigenvalue weighted by Crippen LogP contribution is 2.50. The van der Waals surface area contributed by atoms with Crippen LogP contribution >= 0.6 is 0 Å². The summed E-state index contributed by atoms with van der Waals surface area (Å²) in [5.74, 6) is 2.06. The number of rotatable bonds is 10. The predicted octanol–water partition coefficient (Wildman–Crippen LogP) is 6.03. The molecule has 4 aromatic rings. The van der Waals surface area contributed by atoms with Crippen LogP contribution in [0.4, 0.5) is 0 Å². The first kappa shape index (κ1) is 34.0. The molecule has 0 amide bonds.